The zero-order valence-corrected chi connectivity index (χ0v) is 12.5. The average Bonchev–Trinajstić information content (AvgIpc) is 2.50. The van der Waals surface area contributed by atoms with Gasteiger partial charge in [0.2, 0.25) is 0 Å². The zero-order valence-electron chi connectivity index (χ0n) is 11.7. The van der Waals surface area contributed by atoms with Crippen LogP contribution in [0.4, 0.5) is 4.39 Å². The van der Waals surface area contributed by atoms with Crippen LogP contribution in [0.25, 0.3) is 0 Å². The van der Waals surface area contributed by atoms with E-state index in [1.807, 2.05) is 11.8 Å². The molecule has 0 spiro atoms. The summed E-state index contributed by atoms with van der Waals surface area (Å²) in [5.74, 6) is 6.87. The Bertz CT molecular complexity index is 559. The molecule has 0 aliphatic carbocycles. The van der Waals surface area contributed by atoms with Gasteiger partial charge < -0.3 is 10.4 Å². The number of hydrogen-bond donors (Lipinski definition) is 2. The smallest absolute Gasteiger partial charge is 0.252 e. The molecular weight excluding hydrogens is 289 g/mol. The van der Waals surface area contributed by atoms with Crippen molar-refractivity contribution in [2.45, 2.75) is 25.3 Å². The quantitative estimate of drug-likeness (QED) is 0.842. The lowest BCUT2D eigenvalue weighted by atomic mass is 10.1. The summed E-state index contributed by atoms with van der Waals surface area (Å²) >= 11 is 1.82. The molecule has 3 nitrogen and oxygen atoms in total. The highest BCUT2D eigenvalue weighted by molar-refractivity contribution is 7.99. The standard InChI is InChI=1S/C16H18FNO2S/c17-13-7-6-12(4-1-2-8-19)15(10-13)16(20)18-14-5-3-9-21-11-14/h6-7,10,14,19H,2-3,5,8-9,11H2,(H,18,20). The van der Waals surface area contributed by atoms with E-state index in [0.717, 1.165) is 24.3 Å². The number of halogens is 1. The number of amides is 1. The number of thioether (sulfide) groups is 1. The molecule has 0 radical (unpaired) electrons. The maximum Gasteiger partial charge on any atom is 0.252 e. The van der Waals surface area contributed by atoms with Gasteiger partial charge in [0.25, 0.3) is 5.91 Å². The van der Waals surface area contributed by atoms with Gasteiger partial charge in [0.15, 0.2) is 0 Å². The van der Waals surface area contributed by atoms with Crippen molar-refractivity contribution in [1.29, 1.82) is 0 Å². The largest absolute Gasteiger partial charge is 0.395 e. The fourth-order valence-corrected chi connectivity index (χ4v) is 3.22. The summed E-state index contributed by atoms with van der Waals surface area (Å²) in [5, 5.41) is 11.7. The van der Waals surface area contributed by atoms with Crippen molar-refractivity contribution in [2.24, 2.45) is 0 Å². The Balaban J connectivity index is 2.14. The molecule has 2 rings (SSSR count). The van der Waals surface area contributed by atoms with Gasteiger partial charge in [-0.1, -0.05) is 11.8 Å². The van der Waals surface area contributed by atoms with Gasteiger partial charge in [-0.05, 0) is 36.8 Å². The summed E-state index contributed by atoms with van der Waals surface area (Å²) in [7, 11) is 0. The van der Waals surface area contributed by atoms with Gasteiger partial charge in [0.1, 0.15) is 5.82 Å². The molecule has 1 aromatic carbocycles. The van der Waals surface area contributed by atoms with Crippen molar-refractivity contribution in [3.63, 3.8) is 0 Å². The fraction of sp³-hybridized carbons (Fsp3) is 0.438. The molecule has 1 unspecified atom stereocenters. The van der Waals surface area contributed by atoms with Crippen molar-refractivity contribution in [1.82, 2.24) is 5.32 Å². The molecule has 1 heterocycles. The molecule has 1 aliphatic rings. The van der Waals surface area contributed by atoms with Gasteiger partial charge in [-0.25, -0.2) is 4.39 Å². The summed E-state index contributed by atoms with van der Waals surface area (Å²) in [6, 6.07) is 4.15. The van der Waals surface area contributed by atoms with Gasteiger partial charge in [-0.3, -0.25) is 4.79 Å². The Morgan fingerprint density at radius 1 is 1.52 bits per heavy atom. The van der Waals surface area contributed by atoms with E-state index in [-0.39, 0.29) is 24.1 Å². The Labute approximate surface area is 128 Å². The van der Waals surface area contributed by atoms with Crippen molar-refractivity contribution < 1.29 is 14.3 Å². The summed E-state index contributed by atoms with van der Waals surface area (Å²) in [6.45, 7) is -0.0327. The van der Waals surface area contributed by atoms with Crippen LogP contribution >= 0.6 is 11.8 Å². The van der Waals surface area contributed by atoms with Crippen molar-refractivity contribution >= 4 is 17.7 Å². The van der Waals surface area contributed by atoms with Crippen LogP contribution in [0.5, 0.6) is 0 Å². The molecule has 1 aromatic rings. The van der Waals surface area contributed by atoms with E-state index in [1.165, 1.54) is 18.2 Å². The van der Waals surface area contributed by atoms with Gasteiger partial charge >= 0.3 is 0 Å². The lowest BCUT2D eigenvalue weighted by Crippen LogP contribution is -2.38. The maximum absolute atomic E-state index is 13.4. The van der Waals surface area contributed by atoms with E-state index in [2.05, 4.69) is 17.2 Å². The number of carbonyl (C=O) groups is 1. The van der Waals surface area contributed by atoms with Crippen LogP contribution < -0.4 is 5.32 Å². The molecule has 1 saturated heterocycles. The molecule has 0 saturated carbocycles. The Morgan fingerprint density at radius 2 is 2.38 bits per heavy atom. The number of aliphatic hydroxyl groups is 1. The van der Waals surface area contributed by atoms with Crippen molar-refractivity contribution in [3.05, 3.63) is 35.1 Å². The van der Waals surface area contributed by atoms with Gasteiger partial charge in [-0.2, -0.15) is 11.8 Å². The van der Waals surface area contributed by atoms with E-state index in [9.17, 15) is 9.18 Å². The fourth-order valence-electron chi connectivity index (χ4n) is 2.14. The second-order valence-electron chi connectivity index (χ2n) is 4.85. The minimum Gasteiger partial charge on any atom is -0.395 e. The van der Waals surface area contributed by atoms with Crippen LogP contribution in [-0.4, -0.2) is 35.2 Å². The SMILES string of the molecule is O=C(NC1CCCSC1)c1cc(F)ccc1C#CCCO. The highest BCUT2D eigenvalue weighted by Crippen LogP contribution is 2.18. The summed E-state index contributed by atoms with van der Waals surface area (Å²) in [4.78, 5) is 12.3. The molecule has 0 aromatic heterocycles. The third-order valence-corrected chi connectivity index (χ3v) is 4.40. The maximum atomic E-state index is 13.4. The first-order valence-electron chi connectivity index (χ1n) is 6.98. The predicted molar refractivity (Wildman–Crippen MR) is 82.8 cm³/mol. The normalized spacial score (nSPS) is 17.7. The third-order valence-electron chi connectivity index (χ3n) is 3.18. The number of hydrogen-bond acceptors (Lipinski definition) is 3. The topological polar surface area (TPSA) is 49.3 Å². The number of rotatable bonds is 3. The summed E-state index contributed by atoms with van der Waals surface area (Å²) < 4.78 is 13.4. The highest BCUT2D eigenvalue weighted by Gasteiger charge is 2.18. The van der Waals surface area contributed by atoms with Crippen molar-refractivity contribution in [2.75, 3.05) is 18.1 Å². The Morgan fingerprint density at radius 3 is 3.10 bits per heavy atom. The third kappa shape index (κ3) is 4.76. The molecule has 21 heavy (non-hydrogen) atoms. The first-order chi connectivity index (χ1) is 10.2. The molecule has 1 aliphatic heterocycles. The number of carbonyl (C=O) groups excluding carboxylic acids is 1. The first-order valence-corrected chi connectivity index (χ1v) is 8.14. The van der Waals surface area contributed by atoms with E-state index in [4.69, 9.17) is 5.11 Å². The molecular formula is C16H18FNO2S. The monoisotopic (exact) mass is 307 g/mol. The second kappa shape index (κ2) is 8.06. The van der Waals surface area contributed by atoms with Crippen LogP contribution in [0, 0.1) is 17.7 Å². The van der Waals surface area contributed by atoms with Crippen molar-refractivity contribution in [3.8, 4) is 11.8 Å². The van der Waals surface area contributed by atoms with E-state index in [1.54, 1.807) is 0 Å². The molecule has 5 heteroatoms. The first kappa shape index (κ1) is 15.9. The Hall–Kier alpha value is -1.51. The summed E-state index contributed by atoms with van der Waals surface area (Å²) in [5.41, 5.74) is 0.752. The predicted octanol–water partition coefficient (Wildman–Crippen LogP) is 2.19. The van der Waals surface area contributed by atoms with Crippen LogP contribution in [-0.2, 0) is 0 Å². The number of nitrogens with one attached hydrogen (secondary N) is 1. The van der Waals surface area contributed by atoms with Gasteiger partial charge in [0, 0.05) is 23.8 Å². The lowest BCUT2D eigenvalue weighted by molar-refractivity contribution is 0.0938. The Kier molecular flexibility index (Phi) is 6.09. The molecule has 112 valence electrons. The molecule has 1 amide bonds. The number of benzene rings is 1. The minimum absolute atomic E-state index is 0.0327. The lowest BCUT2D eigenvalue weighted by Gasteiger charge is -2.22. The molecule has 0 bridgehead atoms. The van der Waals surface area contributed by atoms with Gasteiger partial charge in [0.05, 0.1) is 12.2 Å². The highest BCUT2D eigenvalue weighted by atomic mass is 32.2. The number of aliphatic hydroxyl groups excluding tert-OH is 1. The molecule has 1 fully saturated rings. The minimum atomic E-state index is -0.453. The van der Waals surface area contributed by atoms with E-state index in [0.29, 0.717) is 12.0 Å². The van der Waals surface area contributed by atoms with Crippen LogP contribution in [0.1, 0.15) is 35.2 Å². The summed E-state index contributed by atoms with van der Waals surface area (Å²) in [6.07, 6.45) is 2.37. The van der Waals surface area contributed by atoms with Crippen LogP contribution in [0.2, 0.25) is 0 Å². The van der Waals surface area contributed by atoms with Gasteiger partial charge in [-0.15, -0.1) is 0 Å². The second-order valence-corrected chi connectivity index (χ2v) is 6.00. The molecule has 1 atom stereocenters. The van der Waals surface area contributed by atoms with Crippen LogP contribution in [0.3, 0.4) is 0 Å². The van der Waals surface area contributed by atoms with E-state index >= 15 is 0 Å². The molecule has 2 N–H and O–H groups in total. The van der Waals surface area contributed by atoms with E-state index < -0.39 is 5.82 Å². The zero-order chi connectivity index (χ0) is 15.1. The van der Waals surface area contributed by atoms with Crippen LogP contribution in [0.15, 0.2) is 18.2 Å². The average molecular weight is 307 g/mol.